The number of rotatable bonds is 6. The van der Waals surface area contributed by atoms with Crippen molar-refractivity contribution in [1.29, 1.82) is 0 Å². The first kappa shape index (κ1) is 12.8. The third-order valence-electron chi connectivity index (χ3n) is 3.24. The predicted octanol–water partition coefficient (Wildman–Crippen LogP) is 3.21. The monoisotopic (exact) mass is 244 g/mol. The van der Waals surface area contributed by atoms with Crippen molar-refractivity contribution in [2.24, 2.45) is 5.92 Å². The Balaban J connectivity index is 2.30. The summed E-state index contributed by atoms with van der Waals surface area (Å²) in [6, 6.07) is 8.23. The van der Waals surface area contributed by atoms with Crippen molar-refractivity contribution >= 4 is 17.3 Å². The molecule has 3 heteroatoms. The van der Waals surface area contributed by atoms with Gasteiger partial charge in [-0.05, 0) is 25.0 Å². The number of aldehydes is 1. The lowest BCUT2D eigenvalue weighted by Gasteiger charge is -2.08. The van der Waals surface area contributed by atoms with Crippen LogP contribution >= 0.6 is 0 Å². The van der Waals surface area contributed by atoms with E-state index in [1.165, 1.54) is 5.52 Å². The molecule has 0 radical (unpaired) electrons. The molecular formula is C15H20N2O. The number of carbonyl (C=O) groups excluding carboxylic acids is 1. The van der Waals surface area contributed by atoms with E-state index in [-0.39, 0.29) is 5.92 Å². The Bertz CT molecular complexity index is 530. The zero-order valence-electron chi connectivity index (χ0n) is 11.1. The molecule has 1 heterocycles. The maximum absolute atomic E-state index is 10.7. The van der Waals surface area contributed by atoms with Crippen LogP contribution in [-0.4, -0.2) is 15.8 Å². The summed E-state index contributed by atoms with van der Waals surface area (Å²) in [5, 5.41) is 0. The zero-order valence-corrected chi connectivity index (χ0v) is 11.1. The molecule has 1 aromatic carbocycles. The lowest BCUT2D eigenvalue weighted by molar-refractivity contribution is -0.110. The Labute approximate surface area is 108 Å². The molecule has 0 N–H and O–H groups in total. The summed E-state index contributed by atoms with van der Waals surface area (Å²) in [5.74, 6) is 1.21. The Hall–Kier alpha value is -1.64. The predicted molar refractivity (Wildman–Crippen MR) is 73.6 cm³/mol. The summed E-state index contributed by atoms with van der Waals surface area (Å²) in [6.45, 7) is 5.12. The second-order valence-corrected chi connectivity index (χ2v) is 4.82. The van der Waals surface area contributed by atoms with E-state index in [1.54, 1.807) is 0 Å². The number of carbonyl (C=O) groups is 1. The van der Waals surface area contributed by atoms with Gasteiger partial charge in [0.15, 0.2) is 0 Å². The third-order valence-corrected chi connectivity index (χ3v) is 3.24. The van der Waals surface area contributed by atoms with E-state index >= 15 is 0 Å². The molecule has 0 amide bonds. The maximum Gasteiger partial charge on any atom is 0.122 e. The summed E-state index contributed by atoms with van der Waals surface area (Å²) in [6.07, 6.45) is 3.86. The van der Waals surface area contributed by atoms with Crippen LogP contribution < -0.4 is 0 Å². The quantitative estimate of drug-likeness (QED) is 0.731. The SMILES string of the molecule is CCCn1c(CCC(C)C=O)nc2ccccc21. The van der Waals surface area contributed by atoms with Crippen LogP contribution in [0.25, 0.3) is 11.0 Å². The first-order valence-corrected chi connectivity index (χ1v) is 6.65. The van der Waals surface area contributed by atoms with Gasteiger partial charge < -0.3 is 9.36 Å². The smallest absolute Gasteiger partial charge is 0.122 e. The third kappa shape index (κ3) is 2.61. The van der Waals surface area contributed by atoms with Crippen LogP contribution in [0.1, 0.15) is 32.5 Å². The summed E-state index contributed by atoms with van der Waals surface area (Å²) in [5.41, 5.74) is 2.26. The van der Waals surface area contributed by atoms with Gasteiger partial charge in [-0.3, -0.25) is 0 Å². The molecule has 0 bridgehead atoms. The highest BCUT2D eigenvalue weighted by Gasteiger charge is 2.10. The molecule has 0 saturated heterocycles. The van der Waals surface area contributed by atoms with Gasteiger partial charge >= 0.3 is 0 Å². The molecule has 1 unspecified atom stereocenters. The van der Waals surface area contributed by atoms with E-state index in [1.807, 2.05) is 25.1 Å². The maximum atomic E-state index is 10.7. The second kappa shape index (κ2) is 5.80. The molecule has 3 nitrogen and oxygen atoms in total. The highest BCUT2D eigenvalue weighted by Crippen LogP contribution is 2.18. The standard InChI is InChI=1S/C15H20N2O/c1-3-10-17-14-7-5-4-6-13(14)16-15(17)9-8-12(2)11-18/h4-7,11-12H,3,8-10H2,1-2H3. The topological polar surface area (TPSA) is 34.9 Å². The molecular weight excluding hydrogens is 224 g/mol. The average molecular weight is 244 g/mol. The van der Waals surface area contributed by atoms with Gasteiger partial charge in [-0.15, -0.1) is 0 Å². The molecule has 0 saturated carbocycles. The van der Waals surface area contributed by atoms with Crippen molar-refractivity contribution in [2.75, 3.05) is 0 Å². The molecule has 0 fully saturated rings. The minimum atomic E-state index is 0.111. The second-order valence-electron chi connectivity index (χ2n) is 4.82. The van der Waals surface area contributed by atoms with E-state index in [4.69, 9.17) is 0 Å². The number of hydrogen-bond donors (Lipinski definition) is 0. The van der Waals surface area contributed by atoms with E-state index in [0.717, 1.165) is 43.4 Å². The van der Waals surface area contributed by atoms with Crippen molar-refractivity contribution in [3.05, 3.63) is 30.1 Å². The minimum absolute atomic E-state index is 0.111. The van der Waals surface area contributed by atoms with Crippen molar-refractivity contribution in [3.8, 4) is 0 Å². The van der Waals surface area contributed by atoms with Gasteiger partial charge in [0.1, 0.15) is 12.1 Å². The Morgan fingerprint density at radius 2 is 2.17 bits per heavy atom. The molecule has 96 valence electrons. The average Bonchev–Trinajstić information content (AvgIpc) is 2.75. The van der Waals surface area contributed by atoms with E-state index in [0.29, 0.717) is 0 Å². The molecule has 18 heavy (non-hydrogen) atoms. The van der Waals surface area contributed by atoms with Gasteiger partial charge in [0.2, 0.25) is 0 Å². The van der Waals surface area contributed by atoms with Crippen LogP contribution in [0, 0.1) is 5.92 Å². The number of hydrogen-bond acceptors (Lipinski definition) is 2. The molecule has 0 spiro atoms. The van der Waals surface area contributed by atoms with Crippen LogP contribution in [0.5, 0.6) is 0 Å². The molecule has 1 atom stereocenters. The Kier molecular flexibility index (Phi) is 4.13. The Morgan fingerprint density at radius 3 is 2.89 bits per heavy atom. The van der Waals surface area contributed by atoms with Crippen LogP contribution in [-0.2, 0) is 17.8 Å². The number of benzene rings is 1. The van der Waals surface area contributed by atoms with Gasteiger partial charge in [-0.25, -0.2) is 4.98 Å². The van der Waals surface area contributed by atoms with Crippen LogP contribution in [0.3, 0.4) is 0 Å². The summed E-state index contributed by atoms with van der Waals surface area (Å²) in [4.78, 5) is 15.4. The fourth-order valence-electron chi connectivity index (χ4n) is 2.21. The minimum Gasteiger partial charge on any atom is -0.328 e. The van der Waals surface area contributed by atoms with Gasteiger partial charge in [-0.1, -0.05) is 26.0 Å². The fourth-order valence-corrected chi connectivity index (χ4v) is 2.21. The first-order chi connectivity index (χ1) is 8.76. The van der Waals surface area contributed by atoms with E-state index in [9.17, 15) is 4.79 Å². The largest absolute Gasteiger partial charge is 0.328 e. The number of aryl methyl sites for hydroxylation is 2. The number of imidazole rings is 1. The first-order valence-electron chi connectivity index (χ1n) is 6.65. The molecule has 2 rings (SSSR count). The van der Waals surface area contributed by atoms with Gasteiger partial charge in [-0.2, -0.15) is 0 Å². The van der Waals surface area contributed by atoms with Crippen molar-refractivity contribution in [1.82, 2.24) is 9.55 Å². The molecule has 1 aromatic heterocycles. The van der Waals surface area contributed by atoms with Gasteiger partial charge in [0.25, 0.3) is 0 Å². The summed E-state index contributed by atoms with van der Waals surface area (Å²) < 4.78 is 2.28. The normalized spacial score (nSPS) is 12.8. The highest BCUT2D eigenvalue weighted by atomic mass is 16.1. The summed E-state index contributed by atoms with van der Waals surface area (Å²) >= 11 is 0. The van der Waals surface area contributed by atoms with Crippen molar-refractivity contribution in [2.45, 2.75) is 39.7 Å². The number of nitrogens with zero attached hydrogens (tertiary/aromatic N) is 2. The zero-order chi connectivity index (χ0) is 13.0. The Morgan fingerprint density at radius 1 is 1.39 bits per heavy atom. The number of fused-ring (bicyclic) bond motifs is 1. The molecule has 0 aliphatic carbocycles. The van der Waals surface area contributed by atoms with E-state index < -0.39 is 0 Å². The molecule has 2 aromatic rings. The molecule has 0 aliphatic heterocycles. The van der Waals surface area contributed by atoms with Gasteiger partial charge in [0, 0.05) is 18.9 Å². The highest BCUT2D eigenvalue weighted by molar-refractivity contribution is 5.75. The lowest BCUT2D eigenvalue weighted by Crippen LogP contribution is -2.06. The lowest BCUT2D eigenvalue weighted by atomic mass is 10.1. The molecule has 0 aliphatic rings. The van der Waals surface area contributed by atoms with Crippen LogP contribution in [0.15, 0.2) is 24.3 Å². The fraction of sp³-hybridized carbons (Fsp3) is 0.467. The van der Waals surface area contributed by atoms with Crippen LogP contribution in [0.2, 0.25) is 0 Å². The number of aromatic nitrogens is 2. The van der Waals surface area contributed by atoms with Gasteiger partial charge in [0.05, 0.1) is 11.0 Å². The number of para-hydroxylation sites is 2. The van der Waals surface area contributed by atoms with Crippen molar-refractivity contribution in [3.63, 3.8) is 0 Å². The summed E-state index contributed by atoms with van der Waals surface area (Å²) in [7, 11) is 0. The van der Waals surface area contributed by atoms with Crippen LogP contribution in [0.4, 0.5) is 0 Å². The van der Waals surface area contributed by atoms with E-state index in [2.05, 4.69) is 22.5 Å². The van der Waals surface area contributed by atoms with Crippen molar-refractivity contribution < 1.29 is 4.79 Å².